The highest BCUT2D eigenvalue weighted by Gasteiger charge is 2.06. The van der Waals surface area contributed by atoms with Gasteiger partial charge in [0.1, 0.15) is 11.3 Å². The molecule has 0 aliphatic heterocycles. The molecule has 2 aromatic carbocycles. The van der Waals surface area contributed by atoms with Gasteiger partial charge in [0, 0.05) is 6.42 Å². The number of fused-ring (bicyclic) bond motifs is 1. The van der Waals surface area contributed by atoms with Crippen molar-refractivity contribution in [1.82, 2.24) is 20.4 Å². The third kappa shape index (κ3) is 4.00. The van der Waals surface area contributed by atoms with Crippen molar-refractivity contribution in [3.05, 3.63) is 54.1 Å². The highest BCUT2D eigenvalue weighted by Crippen LogP contribution is 2.12. The molecule has 0 bridgehead atoms. The first-order valence-corrected chi connectivity index (χ1v) is 7.93. The first kappa shape index (κ1) is 16.6. The summed E-state index contributed by atoms with van der Waals surface area (Å²) in [5.74, 6) is 0.605. The van der Waals surface area contributed by atoms with E-state index >= 15 is 0 Å². The summed E-state index contributed by atoms with van der Waals surface area (Å²) in [5, 5.41) is 12.3. The fourth-order valence-electron chi connectivity index (χ4n) is 2.39. The van der Waals surface area contributed by atoms with Crippen LogP contribution in [0.3, 0.4) is 0 Å². The maximum atomic E-state index is 12.0. The van der Waals surface area contributed by atoms with Gasteiger partial charge in [-0.3, -0.25) is 4.79 Å². The van der Waals surface area contributed by atoms with Crippen molar-refractivity contribution < 1.29 is 9.53 Å². The molecule has 1 aromatic heterocycles. The second-order valence-corrected chi connectivity index (χ2v) is 5.51. The van der Waals surface area contributed by atoms with Gasteiger partial charge >= 0.3 is 0 Å². The highest BCUT2D eigenvalue weighted by molar-refractivity contribution is 5.99. The van der Waals surface area contributed by atoms with Crippen LogP contribution in [-0.4, -0.2) is 33.7 Å². The first-order chi connectivity index (χ1) is 12.2. The maximum Gasteiger partial charge on any atom is 0.241 e. The number of hydrazone groups is 1. The molecule has 7 heteroatoms. The number of hydrogen-bond donors (Lipinski definition) is 1. The van der Waals surface area contributed by atoms with Crippen molar-refractivity contribution in [2.45, 2.75) is 19.9 Å². The van der Waals surface area contributed by atoms with Crippen molar-refractivity contribution >= 4 is 22.7 Å². The molecule has 3 aromatic rings. The molecule has 0 atom stereocenters. The van der Waals surface area contributed by atoms with Crippen LogP contribution in [0, 0.1) is 0 Å². The summed E-state index contributed by atoms with van der Waals surface area (Å²) in [7, 11) is 1.62. The maximum absolute atomic E-state index is 12.0. The van der Waals surface area contributed by atoms with E-state index in [2.05, 4.69) is 20.8 Å². The molecule has 0 aliphatic rings. The Hall–Kier alpha value is -3.22. The lowest BCUT2D eigenvalue weighted by Crippen LogP contribution is -2.21. The topological polar surface area (TPSA) is 81.4 Å². The third-order valence-electron chi connectivity index (χ3n) is 3.83. The predicted octanol–water partition coefficient (Wildman–Crippen LogP) is 2.37. The van der Waals surface area contributed by atoms with Gasteiger partial charge in [-0.05, 0) is 48.9 Å². The van der Waals surface area contributed by atoms with Crippen LogP contribution < -0.4 is 10.2 Å². The van der Waals surface area contributed by atoms with E-state index < -0.39 is 0 Å². The Morgan fingerprint density at radius 2 is 1.96 bits per heavy atom. The van der Waals surface area contributed by atoms with Crippen molar-refractivity contribution in [2.24, 2.45) is 5.10 Å². The normalized spacial score (nSPS) is 11.5. The summed E-state index contributed by atoms with van der Waals surface area (Å²) in [6, 6.07) is 15.1. The molecule has 128 valence electrons. The lowest BCUT2D eigenvalue weighted by molar-refractivity contribution is -0.121. The van der Waals surface area contributed by atoms with Gasteiger partial charge in [-0.15, -0.1) is 5.10 Å². The molecular formula is C18H19N5O2. The van der Waals surface area contributed by atoms with Gasteiger partial charge in [-0.1, -0.05) is 17.3 Å². The van der Waals surface area contributed by atoms with Crippen molar-refractivity contribution in [2.75, 3.05) is 7.11 Å². The van der Waals surface area contributed by atoms with Gasteiger partial charge in [0.2, 0.25) is 5.91 Å². The molecular weight excluding hydrogens is 318 g/mol. The Labute approximate surface area is 145 Å². The summed E-state index contributed by atoms with van der Waals surface area (Å²) < 4.78 is 6.84. The second kappa shape index (κ2) is 7.57. The van der Waals surface area contributed by atoms with E-state index in [9.17, 15) is 4.79 Å². The zero-order valence-corrected chi connectivity index (χ0v) is 14.1. The van der Waals surface area contributed by atoms with Crippen LogP contribution in [0.2, 0.25) is 0 Å². The fraction of sp³-hybridized carbons (Fsp3) is 0.222. The minimum atomic E-state index is -0.174. The molecule has 0 saturated heterocycles. The molecule has 25 heavy (non-hydrogen) atoms. The van der Waals surface area contributed by atoms with Crippen LogP contribution >= 0.6 is 0 Å². The molecule has 1 amide bonds. The van der Waals surface area contributed by atoms with Crippen LogP contribution in [0.15, 0.2) is 53.6 Å². The molecule has 3 rings (SSSR count). The lowest BCUT2D eigenvalue weighted by Gasteiger charge is -2.05. The van der Waals surface area contributed by atoms with Crippen LogP contribution in [-0.2, 0) is 11.3 Å². The second-order valence-electron chi connectivity index (χ2n) is 5.51. The van der Waals surface area contributed by atoms with Gasteiger partial charge in [0.15, 0.2) is 0 Å². The Balaban J connectivity index is 1.56. The van der Waals surface area contributed by atoms with Gasteiger partial charge in [-0.2, -0.15) is 5.10 Å². The number of benzene rings is 2. The van der Waals surface area contributed by atoms with Crippen molar-refractivity contribution in [3.8, 4) is 5.75 Å². The van der Waals surface area contributed by atoms with Crippen molar-refractivity contribution in [3.63, 3.8) is 0 Å². The molecule has 1 N–H and O–H groups in total. The Morgan fingerprint density at radius 1 is 1.20 bits per heavy atom. The average Bonchev–Trinajstić information content (AvgIpc) is 3.07. The molecule has 1 heterocycles. The van der Waals surface area contributed by atoms with Gasteiger partial charge < -0.3 is 4.74 Å². The number of hydrogen-bond acceptors (Lipinski definition) is 5. The molecule has 0 unspecified atom stereocenters. The monoisotopic (exact) mass is 337 g/mol. The van der Waals surface area contributed by atoms with E-state index in [0.717, 1.165) is 28.1 Å². The smallest absolute Gasteiger partial charge is 0.241 e. The summed E-state index contributed by atoms with van der Waals surface area (Å²) in [6.07, 6.45) is 0.271. The van der Waals surface area contributed by atoms with E-state index in [4.69, 9.17) is 4.74 Å². The standard InChI is InChI=1S/C18H19N5O2/c1-13(14-7-9-15(25-2)10-8-14)19-21-18(24)11-12-23-17-6-4-3-5-16(17)20-22-23/h3-10H,11-12H2,1-2H3,(H,21,24)/b19-13+. The van der Waals surface area contributed by atoms with Gasteiger partial charge in [0.25, 0.3) is 0 Å². The summed E-state index contributed by atoms with van der Waals surface area (Å²) >= 11 is 0. The van der Waals surface area contributed by atoms with E-state index in [1.54, 1.807) is 11.8 Å². The molecule has 0 saturated carbocycles. The first-order valence-electron chi connectivity index (χ1n) is 7.93. The number of para-hydroxylation sites is 1. The SMILES string of the molecule is COc1ccc(/C(C)=N/NC(=O)CCn2nnc3ccccc32)cc1. The van der Waals surface area contributed by atoms with Crippen molar-refractivity contribution in [1.29, 1.82) is 0 Å². The number of nitrogens with one attached hydrogen (secondary N) is 1. The summed E-state index contributed by atoms with van der Waals surface area (Å²) in [5.41, 5.74) is 5.95. The molecule has 0 radical (unpaired) electrons. The van der Waals surface area contributed by atoms with Crippen LogP contribution in [0.1, 0.15) is 18.9 Å². The largest absolute Gasteiger partial charge is 0.497 e. The quantitative estimate of drug-likeness (QED) is 0.553. The Kier molecular flexibility index (Phi) is 5.03. The Bertz CT molecular complexity index is 899. The minimum Gasteiger partial charge on any atom is -0.497 e. The van der Waals surface area contributed by atoms with E-state index in [-0.39, 0.29) is 12.3 Å². The zero-order valence-electron chi connectivity index (χ0n) is 14.1. The number of amides is 1. The average molecular weight is 337 g/mol. The minimum absolute atomic E-state index is 0.174. The fourth-order valence-corrected chi connectivity index (χ4v) is 2.39. The molecule has 0 spiro atoms. The summed E-state index contributed by atoms with van der Waals surface area (Å²) in [6.45, 7) is 2.29. The molecule has 0 aliphatic carbocycles. The van der Waals surface area contributed by atoms with E-state index in [1.165, 1.54) is 0 Å². The third-order valence-corrected chi connectivity index (χ3v) is 3.83. The number of methoxy groups -OCH3 is 1. The van der Waals surface area contributed by atoms with Gasteiger partial charge in [0.05, 0.1) is 24.9 Å². The predicted molar refractivity (Wildman–Crippen MR) is 95.5 cm³/mol. The number of rotatable bonds is 6. The number of nitrogens with zero attached hydrogens (tertiary/aromatic N) is 4. The molecule has 0 fully saturated rings. The number of aryl methyl sites for hydroxylation is 1. The zero-order chi connectivity index (χ0) is 17.6. The van der Waals surface area contributed by atoms with Crippen LogP contribution in [0.4, 0.5) is 0 Å². The van der Waals surface area contributed by atoms with E-state index in [1.807, 2.05) is 55.5 Å². The Morgan fingerprint density at radius 3 is 2.72 bits per heavy atom. The summed E-state index contributed by atoms with van der Waals surface area (Å²) in [4.78, 5) is 12.0. The van der Waals surface area contributed by atoms with Crippen LogP contribution in [0.25, 0.3) is 11.0 Å². The number of carbonyl (C=O) groups excluding carboxylic acids is 1. The van der Waals surface area contributed by atoms with E-state index in [0.29, 0.717) is 6.54 Å². The van der Waals surface area contributed by atoms with Crippen LogP contribution in [0.5, 0.6) is 5.75 Å². The molecule has 7 nitrogen and oxygen atoms in total. The number of ether oxygens (including phenoxy) is 1. The lowest BCUT2D eigenvalue weighted by atomic mass is 10.1. The van der Waals surface area contributed by atoms with Gasteiger partial charge in [-0.25, -0.2) is 10.1 Å². The highest BCUT2D eigenvalue weighted by atomic mass is 16.5. The number of aromatic nitrogens is 3. The number of carbonyl (C=O) groups is 1.